The number of nitrogens with two attached hydrogens (primary N) is 1. The molecule has 2 aromatic rings. The molecule has 1 aromatic heterocycles. The second-order valence-corrected chi connectivity index (χ2v) is 6.79. The second kappa shape index (κ2) is 5.55. The number of rotatable bonds is 5. The van der Waals surface area contributed by atoms with Gasteiger partial charge in [-0.1, -0.05) is 38.1 Å². The zero-order valence-corrected chi connectivity index (χ0v) is 13.2. The molecule has 21 heavy (non-hydrogen) atoms. The van der Waals surface area contributed by atoms with E-state index in [9.17, 15) is 0 Å². The van der Waals surface area contributed by atoms with Crippen LogP contribution in [0.4, 0.5) is 5.69 Å². The first-order chi connectivity index (χ1) is 10.0. The third-order valence-corrected chi connectivity index (χ3v) is 4.35. The molecule has 0 spiro atoms. The minimum absolute atomic E-state index is 0.460. The van der Waals surface area contributed by atoms with E-state index in [-0.39, 0.29) is 0 Å². The molecule has 3 heteroatoms. The molecule has 1 saturated carbocycles. The molecule has 1 fully saturated rings. The maximum Gasteiger partial charge on any atom is 0.115 e. The highest BCUT2D eigenvalue weighted by atomic mass is 15.3. The molecule has 2 N–H and O–H groups in total. The first-order valence-corrected chi connectivity index (χ1v) is 7.98. The summed E-state index contributed by atoms with van der Waals surface area (Å²) < 4.78 is 2.05. The van der Waals surface area contributed by atoms with Gasteiger partial charge in [-0.3, -0.25) is 4.68 Å². The monoisotopic (exact) mass is 283 g/mol. The molecular formula is C18H25N3. The maximum absolute atomic E-state index is 6.17. The quantitative estimate of drug-likeness (QED) is 0.889. The van der Waals surface area contributed by atoms with Gasteiger partial charge in [0.2, 0.25) is 0 Å². The zero-order chi connectivity index (χ0) is 15.0. The van der Waals surface area contributed by atoms with Crippen LogP contribution in [-0.2, 0) is 6.42 Å². The van der Waals surface area contributed by atoms with Crippen LogP contribution in [0, 0.1) is 11.8 Å². The van der Waals surface area contributed by atoms with Gasteiger partial charge in [0.1, 0.15) is 5.69 Å². The van der Waals surface area contributed by atoms with Gasteiger partial charge in [-0.25, -0.2) is 0 Å². The second-order valence-electron chi connectivity index (χ2n) is 6.79. The summed E-state index contributed by atoms with van der Waals surface area (Å²) in [5.41, 5.74) is 10.3. The molecule has 112 valence electrons. The van der Waals surface area contributed by atoms with Gasteiger partial charge in [0.25, 0.3) is 0 Å². The lowest BCUT2D eigenvalue weighted by Crippen LogP contribution is -2.07. The molecule has 1 aliphatic rings. The Balaban J connectivity index is 1.82. The molecule has 1 atom stereocenters. The smallest absolute Gasteiger partial charge is 0.115 e. The van der Waals surface area contributed by atoms with Gasteiger partial charge < -0.3 is 5.73 Å². The molecule has 1 aliphatic carbocycles. The number of nitrogen functional groups attached to an aromatic ring is 1. The van der Waals surface area contributed by atoms with E-state index in [1.807, 2.05) is 10.9 Å². The summed E-state index contributed by atoms with van der Waals surface area (Å²) in [6.45, 7) is 6.72. The summed E-state index contributed by atoms with van der Waals surface area (Å²) in [6, 6.07) is 9.13. The summed E-state index contributed by atoms with van der Waals surface area (Å²) in [6.07, 6.45) is 5.74. The molecule has 3 nitrogen and oxygen atoms in total. The van der Waals surface area contributed by atoms with Crippen molar-refractivity contribution in [2.24, 2.45) is 11.8 Å². The summed E-state index contributed by atoms with van der Waals surface area (Å²) in [4.78, 5) is 0. The number of benzene rings is 1. The Bertz CT molecular complexity index is 606. The fourth-order valence-electron chi connectivity index (χ4n) is 2.90. The van der Waals surface area contributed by atoms with Gasteiger partial charge in [-0.05, 0) is 43.6 Å². The number of aromatic nitrogens is 2. The first kappa shape index (κ1) is 14.2. The van der Waals surface area contributed by atoms with Crippen LogP contribution in [0.2, 0.25) is 0 Å². The Kier molecular flexibility index (Phi) is 3.75. The van der Waals surface area contributed by atoms with Crippen LogP contribution in [0.1, 0.15) is 45.2 Å². The number of anilines is 1. The third-order valence-electron chi connectivity index (χ3n) is 4.35. The molecule has 1 unspecified atom stereocenters. The molecular weight excluding hydrogens is 258 g/mol. The van der Waals surface area contributed by atoms with Crippen molar-refractivity contribution in [3.05, 3.63) is 36.0 Å². The molecule has 0 aliphatic heterocycles. The normalized spacial score (nSPS) is 16.4. The van der Waals surface area contributed by atoms with E-state index in [0.717, 1.165) is 29.3 Å². The van der Waals surface area contributed by atoms with Crippen LogP contribution in [-0.4, -0.2) is 9.78 Å². The van der Waals surface area contributed by atoms with Crippen LogP contribution in [0.3, 0.4) is 0 Å². The van der Waals surface area contributed by atoms with Crippen molar-refractivity contribution in [1.29, 1.82) is 0 Å². The van der Waals surface area contributed by atoms with E-state index >= 15 is 0 Å². The van der Waals surface area contributed by atoms with Crippen LogP contribution >= 0.6 is 0 Å². The lowest BCUT2D eigenvalue weighted by atomic mass is 10.0. The largest absolute Gasteiger partial charge is 0.396 e. The van der Waals surface area contributed by atoms with Crippen LogP contribution in [0.15, 0.2) is 30.5 Å². The highest BCUT2D eigenvalue weighted by molar-refractivity contribution is 5.72. The Morgan fingerprint density at radius 3 is 2.43 bits per heavy atom. The van der Waals surface area contributed by atoms with Gasteiger partial charge in [0.05, 0.1) is 11.7 Å². The van der Waals surface area contributed by atoms with Crippen molar-refractivity contribution in [3.8, 4) is 11.3 Å². The van der Waals surface area contributed by atoms with Crippen LogP contribution < -0.4 is 5.73 Å². The topological polar surface area (TPSA) is 43.8 Å². The number of nitrogens with zero attached hydrogens (tertiary/aromatic N) is 2. The van der Waals surface area contributed by atoms with Crippen molar-refractivity contribution in [2.45, 2.75) is 46.1 Å². The average molecular weight is 283 g/mol. The number of hydrogen-bond donors (Lipinski definition) is 1. The van der Waals surface area contributed by atoms with Crippen molar-refractivity contribution in [2.75, 3.05) is 5.73 Å². The first-order valence-electron chi connectivity index (χ1n) is 7.98. The molecule has 0 saturated heterocycles. The highest BCUT2D eigenvalue weighted by Gasteiger charge is 2.30. The van der Waals surface area contributed by atoms with E-state index in [2.05, 4.69) is 45.0 Å². The van der Waals surface area contributed by atoms with Crippen LogP contribution in [0.25, 0.3) is 11.3 Å². The third kappa shape index (κ3) is 3.12. The van der Waals surface area contributed by atoms with E-state index in [4.69, 9.17) is 10.8 Å². The molecule has 3 rings (SSSR count). The molecule has 0 radical (unpaired) electrons. The van der Waals surface area contributed by atoms with Crippen molar-refractivity contribution in [3.63, 3.8) is 0 Å². The van der Waals surface area contributed by atoms with E-state index < -0.39 is 0 Å². The van der Waals surface area contributed by atoms with Crippen molar-refractivity contribution >= 4 is 5.69 Å². The summed E-state index contributed by atoms with van der Waals surface area (Å²) in [5.74, 6) is 1.46. The van der Waals surface area contributed by atoms with Gasteiger partial charge in [-0.2, -0.15) is 5.10 Å². The average Bonchev–Trinajstić information content (AvgIpc) is 3.21. The van der Waals surface area contributed by atoms with Gasteiger partial charge in [-0.15, -0.1) is 0 Å². The summed E-state index contributed by atoms with van der Waals surface area (Å²) in [5, 5.41) is 4.72. The fourth-order valence-corrected chi connectivity index (χ4v) is 2.90. The number of hydrogen-bond acceptors (Lipinski definition) is 2. The minimum Gasteiger partial charge on any atom is -0.396 e. The van der Waals surface area contributed by atoms with Crippen molar-refractivity contribution < 1.29 is 0 Å². The minimum atomic E-state index is 0.460. The van der Waals surface area contributed by atoms with Crippen LogP contribution in [0.5, 0.6) is 0 Å². The molecule has 0 bridgehead atoms. The summed E-state index contributed by atoms with van der Waals surface area (Å²) in [7, 11) is 0. The summed E-state index contributed by atoms with van der Waals surface area (Å²) >= 11 is 0. The van der Waals surface area contributed by atoms with Gasteiger partial charge in [0, 0.05) is 11.8 Å². The molecule has 1 heterocycles. The molecule has 0 amide bonds. The Hall–Kier alpha value is -1.77. The van der Waals surface area contributed by atoms with Gasteiger partial charge >= 0.3 is 0 Å². The highest BCUT2D eigenvalue weighted by Crippen LogP contribution is 2.40. The SMILES string of the molecule is CC(C)Cc1ccc(-c2nn(C(C)C3CC3)cc2N)cc1. The van der Waals surface area contributed by atoms with E-state index in [1.54, 1.807) is 0 Å². The van der Waals surface area contributed by atoms with E-state index in [1.165, 1.54) is 18.4 Å². The van der Waals surface area contributed by atoms with Gasteiger partial charge in [0.15, 0.2) is 0 Å². The predicted octanol–water partition coefficient (Wildman–Crippen LogP) is 4.30. The Labute approximate surface area is 127 Å². The maximum atomic E-state index is 6.17. The standard InChI is InChI=1S/C18H25N3/c1-12(2)10-14-4-6-16(7-5-14)18-17(19)11-21(20-18)13(3)15-8-9-15/h4-7,11-13,15H,8-10,19H2,1-3H3. The fraction of sp³-hybridized carbons (Fsp3) is 0.500. The predicted molar refractivity (Wildman–Crippen MR) is 88.1 cm³/mol. The Morgan fingerprint density at radius 1 is 1.19 bits per heavy atom. The zero-order valence-electron chi connectivity index (χ0n) is 13.2. The van der Waals surface area contributed by atoms with Crippen molar-refractivity contribution in [1.82, 2.24) is 9.78 Å². The lowest BCUT2D eigenvalue weighted by molar-refractivity contribution is 0.441. The molecule has 1 aromatic carbocycles. The lowest BCUT2D eigenvalue weighted by Gasteiger charge is -2.10. The van der Waals surface area contributed by atoms with E-state index in [0.29, 0.717) is 12.0 Å². The Morgan fingerprint density at radius 2 is 1.86 bits per heavy atom.